The Bertz CT molecular complexity index is 404. The van der Waals surface area contributed by atoms with Gasteiger partial charge >= 0.3 is 0 Å². The highest BCUT2D eigenvalue weighted by atomic mass is 16.3. The summed E-state index contributed by atoms with van der Waals surface area (Å²) in [6.45, 7) is 6.19. The van der Waals surface area contributed by atoms with Gasteiger partial charge in [0.1, 0.15) is 0 Å². The summed E-state index contributed by atoms with van der Waals surface area (Å²) in [6, 6.07) is 10.1. The maximum atomic E-state index is 9.54. The number of aliphatic imine (C=N–C) groups is 1. The van der Waals surface area contributed by atoms with E-state index in [4.69, 9.17) is 0 Å². The summed E-state index contributed by atoms with van der Waals surface area (Å²) in [6.07, 6.45) is 2.35. The molecule has 0 aliphatic rings. The van der Waals surface area contributed by atoms with E-state index in [1.807, 2.05) is 30.3 Å². The van der Waals surface area contributed by atoms with Crippen molar-refractivity contribution in [2.75, 3.05) is 26.7 Å². The van der Waals surface area contributed by atoms with Gasteiger partial charge < -0.3 is 15.7 Å². The van der Waals surface area contributed by atoms with E-state index in [1.54, 1.807) is 7.05 Å². The van der Waals surface area contributed by atoms with Crippen molar-refractivity contribution >= 4 is 5.96 Å². The monoisotopic (exact) mass is 291 g/mol. The summed E-state index contributed by atoms with van der Waals surface area (Å²) >= 11 is 0. The van der Waals surface area contributed by atoms with Crippen LogP contribution in [0.25, 0.3) is 0 Å². The van der Waals surface area contributed by atoms with Crippen molar-refractivity contribution < 1.29 is 5.11 Å². The number of hydrogen-bond donors (Lipinski definition) is 3. The highest BCUT2D eigenvalue weighted by molar-refractivity contribution is 5.79. The summed E-state index contributed by atoms with van der Waals surface area (Å²) in [5, 5.41) is 16.1. The molecule has 0 saturated heterocycles. The Kier molecular flexibility index (Phi) is 8.51. The number of aliphatic hydroxyl groups excluding tert-OH is 1. The minimum absolute atomic E-state index is 0.0837. The van der Waals surface area contributed by atoms with Crippen LogP contribution in [0.3, 0.4) is 0 Å². The number of nitrogens with zero attached hydrogens (tertiary/aromatic N) is 1. The fourth-order valence-electron chi connectivity index (χ4n) is 2.17. The predicted octanol–water partition coefficient (Wildman–Crippen LogP) is 2.36. The molecule has 0 radical (unpaired) electrons. The van der Waals surface area contributed by atoms with Gasteiger partial charge in [-0.05, 0) is 24.3 Å². The zero-order valence-electron chi connectivity index (χ0n) is 13.5. The normalized spacial score (nSPS) is 13.3. The summed E-state index contributed by atoms with van der Waals surface area (Å²) in [5.41, 5.74) is 1.14. The van der Waals surface area contributed by atoms with E-state index in [0.29, 0.717) is 6.54 Å². The van der Waals surface area contributed by atoms with Crippen LogP contribution in [0, 0.1) is 5.92 Å². The number of nitrogens with one attached hydrogen (secondary N) is 2. The van der Waals surface area contributed by atoms with Crippen molar-refractivity contribution in [2.24, 2.45) is 10.9 Å². The lowest BCUT2D eigenvalue weighted by Gasteiger charge is -2.18. The largest absolute Gasteiger partial charge is 0.396 e. The second-order valence-corrected chi connectivity index (χ2v) is 5.71. The minimum atomic E-state index is 0.0837. The molecule has 0 amide bonds. The second-order valence-electron chi connectivity index (χ2n) is 5.71. The lowest BCUT2D eigenvalue weighted by atomic mass is 10.0. The average molecular weight is 291 g/mol. The summed E-state index contributed by atoms with van der Waals surface area (Å²) in [5.74, 6) is 1.62. The molecule has 0 aliphatic heterocycles. The van der Waals surface area contributed by atoms with E-state index in [1.165, 1.54) is 6.42 Å². The Morgan fingerprint density at radius 1 is 1.19 bits per heavy atom. The minimum Gasteiger partial charge on any atom is -0.396 e. The van der Waals surface area contributed by atoms with Gasteiger partial charge in [0, 0.05) is 26.1 Å². The van der Waals surface area contributed by atoms with Gasteiger partial charge in [-0.1, -0.05) is 44.2 Å². The highest BCUT2D eigenvalue weighted by Crippen LogP contribution is 2.13. The van der Waals surface area contributed by atoms with Gasteiger partial charge in [-0.15, -0.1) is 0 Å². The average Bonchev–Trinajstić information content (AvgIpc) is 2.50. The molecule has 1 rings (SSSR count). The molecule has 0 spiro atoms. The van der Waals surface area contributed by atoms with Gasteiger partial charge in [-0.3, -0.25) is 4.99 Å². The van der Waals surface area contributed by atoms with Gasteiger partial charge in [0.25, 0.3) is 0 Å². The molecular formula is C17H29N3O. The quantitative estimate of drug-likeness (QED) is 0.391. The number of guanidine groups is 1. The van der Waals surface area contributed by atoms with Crippen molar-refractivity contribution in [3.63, 3.8) is 0 Å². The molecule has 4 heteroatoms. The van der Waals surface area contributed by atoms with Crippen molar-refractivity contribution in [3.8, 4) is 0 Å². The molecule has 0 bridgehead atoms. The van der Waals surface area contributed by atoms with E-state index < -0.39 is 0 Å². The van der Waals surface area contributed by atoms with Crippen LogP contribution >= 0.6 is 0 Å². The summed E-state index contributed by atoms with van der Waals surface area (Å²) in [4.78, 5) is 4.22. The Hall–Kier alpha value is -1.55. The van der Waals surface area contributed by atoms with Crippen LogP contribution in [-0.2, 0) is 0 Å². The molecule has 0 heterocycles. The maximum absolute atomic E-state index is 9.54. The SMILES string of the molecule is CN=C(NCCCC(C)C)NCC(CO)c1ccccc1. The van der Waals surface area contributed by atoms with Crippen LogP contribution in [0.1, 0.15) is 38.2 Å². The highest BCUT2D eigenvalue weighted by Gasteiger charge is 2.10. The predicted molar refractivity (Wildman–Crippen MR) is 89.7 cm³/mol. The Morgan fingerprint density at radius 3 is 2.48 bits per heavy atom. The van der Waals surface area contributed by atoms with E-state index in [-0.39, 0.29) is 12.5 Å². The topological polar surface area (TPSA) is 56.7 Å². The van der Waals surface area contributed by atoms with Crippen LogP contribution in [0.15, 0.2) is 35.3 Å². The molecule has 1 atom stereocenters. The molecule has 0 fully saturated rings. The third-order valence-corrected chi connectivity index (χ3v) is 3.48. The first-order valence-corrected chi connectivity index (χ1v) is 7.77. The Balaban J connectivity index is 2.36. The molecule has 1 aromatic carbocycles. The molecule has 1 aromatic rings. The molecule has 1 unspecified atom stereocenters. The van der Waals surface area contributed by atoms with Crippen molar-refractivity contribution in [1.29, 1.82) is 0 Å². The van der Waals surface area contributed by atoms with E-state index in [2.05, 4.69) is 29.5 Å². The summed E-state index contributed by atoms with van der Waals surface area (Å²) < 4.78 is 0. The number of aliphatic hydroxyl groups is 1. The first kappa shape index (κ1) is 17.5. The molecule has 0 saturated carbocycles. The lowest BCUT2D eigenvalue weighted by Crippen LogP contribution is -2.40. The van der Waals surface area contributed by atoms with Crippen LogP contribution in [0.2, 0.25) is 0 Å². The van der Waals surface area contributed by atoms with E-state index in [9.17, 15) is 5.11 Å². The Morgan fingerprint density at radius 2 is 1.90 bits per heavy atom. The molecule has 21 heavy (non-hydrogen) atoms. The van der Waals surface area contributed by atoms with Crippen LogP contribution in [0.4, 0.5) is 0 Å². The fourth-order valence-corrected chi connectivity index (χ4v) is 2.17. The van der Waals surface area contributed by atoms with E-state index in [0.717, 1.165) is 30.4 Å². The Labute approximate surface area is 128 Å². The molecule has 0 aliphatic carbocycles. The third kappa shape index (κ3) is 7.14. The second kappa shape index (κ2) is 10.2. The molecule has 3 N–H and O–H groups in total. The lowest BCUT2D eigenvalue weighted by molar-refractivity contribution is 0.265. The number of hydrogen-bond acceptors (Lipinski definition) is 2. The third-order valence-electron chi connectivity index (χ3n) is 3.48. The number of rotatable bonds is 8. The fraction of sp³-hybridized carbons (Fsp3) is 0.588. The van der Waals surface area contributed by atoms with Gasteiger partial charge in [0.15, 0.2) is 5.96 Å². The zero-order valence-corrected chi connectivity index (χ0v) is 13.5. The first-order valence-electron chi connectivity index (χ1n) is 7.77. The van der Waals surface area contributed by atoms with Crippen LogP contribution in [0.5, 0.6) is 0 Å². The molecule has 4 nitrogen and oxygen atoms in total. The van der Waals surface area contributed by atoms with Crippen LogP contribution < -0.4 is 10.6 Å². The van der Waals surface area contributed by atoms with Gasteiger partial charge in [-0.25, -0.2) is 0 Å². The summed E-state index contributed by atoms with van der Waals surface area (Å²) in [7, 11) is 1.77. The van der Waals surface area contributed by atoms with E-state index >= 15 is 0 Å². The smallest absolute Gasteiger partial charge is 0.190 e. The number of benzene rings is 1. The van der Waals surface area contributed by atoms with Gasteiger partial charge in [-0.2, -0.15) is 0 Å². The molecular weight excluding hydrogens is 262 g/mol. The van der Waals surface area contributed by atoms with Gasteiger partial charge in [0.2, 0.25) is 0 Å². The molecule has 0 aromatic heterocycles. The van der Waals surface area contributed by atoms with Crippen molar-refractivity contribution in [2.45, 2.75) is 32.6 Å². The maximum Gasteiger partial charge on any atom is 0.190 e. The standard InChI is InChI=1S/C17H29N3O/c1-14(2)8-7-11-19-17(18-3)20-12-16(13-21)15-9-5-4-6-10-15/h4-6,9-10,14,16,21H,7-8,11-13H2,1-3H3,(H2,18,19,20). The van der Waals surface area contributed by atoms with Gasteiger partial charge in [0.05, 0.1) is 6.61 Å². The first-order chi connectivity index (χ1) is 10.2. The van der Waals surface area contributed by atoms with Crippen molar-refractivity contribution in [1.82, 2.24) is 10.6 Å². The molecule has 118 valence electrons. The van der Waals surface area contributed by atoms with Crippen molar-refractivity contribution in [3.05, 3.63) is 35.9 Å². The van der Waals surface area contributed by atoms with Crippen LogP contribution in [-0.4, -0.2) is 37.8 Å². The zero-order chi connectivity index (χ0) is 15.5.